The molecule has 0 aliphatic carbocycles. The van der Waals surface area contributed by atoms with Crippen LogP contribution in [0.5, 0.6) is 0 Å². The number of benzene rings is 2. The van der Waals surface area contributed by atoms with Crippen LogP contribution in [0.25, 0.3) is 5.69 Å². The van der Waals surface area contributed by atoms with Crippen molar-refractivity contribution in [3.63, 3.8) is 0 Å². The highest BCUT2D eigenvalue weighted by Crippen LogP contribution is 2.11. The van der Waals surface area contributed by atoms with E-state index in [1.807, 2.05) is 42.6 Å². The highest BCUT2D eigenvalue weighted by atomic mass is 16.1. The zero-order valence-corrected chi connectivity index (χ0v) is 12.5. The van der Waals surface area contributed by atoms with E-state index in [9.17, 15) is 4.79 Å². The molecule has 3 rings (SSSR count). The Morgan fingerprint density at radius 3 is 2.36 bits per heavy atom. The second-order valence-electron chi connectivity index (χ2n) is 5.30. The van der Waals surface area contributed by atoms with Crippen LogP contribution in [0.3, 0.4) is 0 Å². The van der Waals surface area contributed by atoms with Crippen molar-refractivity contribution in [3.8, 4) is 5.69 Å². The average Bonchev–Trinajstić information content (AvgIpc) is 2.56. The standard InChI is InChI=1S/C19H18N2O/c1-15-7-10-17(11-8-15)20-13-16-9-12-19(22)21(14-16)18-5-3-2-4-6-18/h2-12,14,20H,13H2,1H3. The van der Waals surface area contributed by atoms with Gasteiger partial charge in [-0.3, -0.25) is 9.36 Å². The lowest BCUT2D eigenvalue weighted by Crippen LogP contribution is -2.17. The molecule has 0 bridgehead atoms. The number of nitrogens with one attached hydrogen (secondary N) is 1. The number of para-hydroxylation sites is 1. The molecule has 110 valence electrons. The molecule has 0 radical (unpaired) electrons. The summed E-state index contributed by atoms with van der Waals surface area (Å²) >= 11 is 0. The van der Waals surface area contributed by atoms with Crippen molar-refractivity contribution in [2.24, 2.45) is 0 Å². The number of rotatable bonds is 4. The second-order valence-corrected chi connectivity index (χ2v) is 5.30. The van der Waals surface area contributed by atoms with Gasteiger partial charge in [-0.05, 0) is 36.8 Å². The molecular weight excluding hydrogens is 272 g/mol. The van der Waals surface area contributed by atoms with Gasteiger partial charge in [-0.1, -0.05) is 42.0 Å². The first-order valence-corrected chi connectivity index (χ1v) is 7.30. The second kappa shape index (κ2) is 6.31. The first-order chi connectivity index (χ1) is 10.7. The molecule has 3 aromatic rings. The van der Waals surface area contributed by atoms with Crippen molar-refractivity contribution in [1.82, 2.24) is 4.57 Å². The van der Waals surface area contributed by atoms with E-state index in [2.05, 4.69) is 36.5 Å². The first kappa shape index (κ1) is 14.1. The van der Waals surface area contributed by atoms with Gasteiger partial charge in [0.2, 0.25) is 0 Å². The summed E-state index contributed by atoms with van der Waals surface area (Å²) in [4.78, 5) is 12.0. The number of hydrogen-bond acceptors (Lipinski definition) is 2. The fourth-order valence-electron chi connectivity index (χ4n) is 2.30. The third-order valence-corrected chi connectivity index (χ3v) is 3.55. The quantitative estimate of drug-likeness (QED) is 0.794. The summed E-state index contributed by atoms with van der Waals surface area (Å²) in [6, 6.07) is 21.4. The van der Waals surface area contributed by atoms with Crippen LogP contribution in [-0.4, -0.2) is 4.57 Å². The largest absolute Gasteiger partial charge is 0.381 e. The SMILES string of the molecule is Cc1ccc(NCc2ccc(=O)n(-c3ccccc3)c2)cc1. The van der Waals surface area contributed by atoms with Crippen LogP contribution < -0.4 is 10.9 Å². The molecule has 0 aliphatic rings. The van der Waals surface area contributed by atoms with Gasteiger partial charge in [0, 0.05) is 30.2 Å². The highest BCUT2D eigenvalue weighted by molar-refractivity contribution is 5.45. The average molecular weight is 290 g/mol. The monoisotopic (exact) mass is 290 g/mol. The number of pyridine rings is 1. The van der Waals surface area contributed by atoms with Gasteiger partial charge < -0.3 is 5.32 Å². The number of aryl methyl sites for hydroxylation is 1. The van der Waals surface area contributed by atoms with E-state index in [1.54, 1.807) is 10.6 Å². The molecule has 0 amide bonds. The topological polar surface area (TPSA) is 34.0 Å². The van der Waals surface area contributed by atoms with Gasteiger partial charge in [0.1, 0.15) is 0 Å². The minimum atomic E-state index is -0.0229. The van der Waals surface area contributed by atoms with Crippen LogP contribution in [0, 0.1) is 6.92 Å². The van der Waals surface area contributed by atoms with Crippen LogP contribution >= 0.6 is 0 Å². The Balaban J connectivity index is 1.80. The smallest absolute Gasteiger partial charge is 0.255 e. The molecule has 0 saturated heterocycles. The van der Waals surface area contributed by atoms with Gasteiger partial charge in [0.05, 0.1) is 0 Å². The van der Waals surface area contributed by atoms with Crippen LogP contribution in [0.2, 0.25) is 0 Å². The lowest BCUT2D eigenvalue weighted by molar-refractivity contribution is 0.955. The van der Waals surface area contributed by atoms with E-state index < -0.39 is 0 Å². The Kier molecular flexibility index (Phi) is 4.05. The van der Waals surface area contributed by atoms with Crippen molar-refractivity contribution in [2.75, 3.05) is 5.32 Å². The summed E-state index contributed by atoms with van der Waals surface area (Å²) in [5.41, 5.74) is 4.23. The molecule has 0 spiro atoms. The molecule has 3 nitrogen and oxygen atoms in total. The maximum Gasteiger partial charge on any atom is 0.255 e. The zero-order valence-electron chi connectivity index (χ0n) is 12.5. The van der Waals surface area contributed by atoms with E-state index >= 15 is 0 Å². The molecule has 0 fully saturated rings. The van der Waals surface area contributed by atoms with Crippen molar-refractivity contribution < 1.29 is 0 Å². The van der Waals surface area contributed by atoms with Gasteiger partial charge >= 0.3 is 0 Å². The Bertz CT molecular complexity index is 805. The molecule has 0 atom stereocenters. The van der Waals surface area contributed by atoms with Gasteiger partial charge in [0.25, 0.3) is 5.56 Å². The Hall–Kier alpha value is -2.81. The molecule has 1 aromatic heterocycles. The third-order valence-electron chi connectivity index (χ3n) is 3.55. The van der Waals surface area contributed by atoms with Gasteiger partial charge in [-0.2, -0.15) is 0 Å². The fourth-order valence-corrected chi connectivity index (χ4v) is 2.30. The van der Waals surface area contributed by atoms with Crippen LogP contribution in [0.15, 0.2) is 77.7 Å². The van der Waals surface area contributed by atoms with Crippen LogP contribution in [-0.2, 0) is 6.54 Å². The summed E-state index contributed by atoms with van der Waals surface area (Å²) in [6.45, 7) is 2.75. The molecule has 22 heavy (non-hydrogen) atoms. The molecule has 0 aliphatic heterocycles. The molecule has 2 aromatic carbocycles. The highest BCUT2D eigenvalue weighted by Gasteiger charge is 2.01. The number of aromatic nitrogens is 1. The Morgan fingerprint density at radius 2 is 1.64 bits per heavy atom. The lowest BCUT2D eigenvalue weighted by Gasteiger charge is -2.10. The Morgan fingerprint density at radius 1 is 0.909 bits per heavy atom. The maximum absolute atomic E-state index is 12.0. The van der Waals surface area contributed by atoms with Crippen molar-refractivity contribution in [3.05, 3.63) is 94.4 Å². The van der Waals surface area contributed by atoms with Crippen LogP contribution in [0.1, 0.15) is 11.1 Å². The minimum absolute atomic E-state index is 0.0229. The predicted octanol–water partition coefficient (Wildman–Crippen LogP) is 3.76. The zero-order chi connectivity index (χ0) is 15.4. The minimum Gasteiger partial charge on any atom is -0.381 e. The fraction of sp³-hybridized carbons (Fsp3) is 0.105. The van der Waals surface area contributed by atoms with E-state index in [1.165, 1.54) is 5.56 Å². The number of hydrogen-bond donors (Lipinski definition) is 1. The van der Waals surface area contributed by atoms with Crippen molar-refractivity contribution in [2.45, 2.75) is 13.5 Å². The summed E-state index contributed by atoms with van der Waals surface area (Å²) in [7, 11) is 0. The van der Waals surface area contributed by atoms with Crippen molar-refractivity contribution in [1.29, 1.82) is 0 Å². The number of anilines is 1. The molecular formula is C19H18N2O. The van der Waals surface area contributed by atoms with Gasteiger partial charge in [0.15, 0.2) is 0 Å². The molecule has 1 heterocycles. The van der Waals surface area contributed by atoms with E-state index in [0.717, 1.165) is 16.9 Å². The predicted molar refractivity (Wildman–Crippen MR) is 90.5 cm³/mol. The lowest BCUT2D eigenvalue weighted by atomic mass is 10.2. The normalized spacial score (nSPS) is 10.4. The summed E-state index contributed by atoms with van der Waals surface area (Å²) in [6.07, 6.45) is 1.89. The maximum atomic E-state index is 12.0. The van der Waals surface area contributed by atoms with Gasteiger partial charge in [-0.25, -0.2) is 0 Å². The molecule has 3 heteroatoms. The molecule has 0 saturated carbocycles. The van der Waals surface area contributed by atoms with E-state index in [-0.39, 0.29) is 5.56 Å². The molecule has 1 N–H and O–H groups in total. The van der Waals surface area contributed by atoms with Gasteiger partial charge in [-0.15, -0.1) is 0 Å². The van der Waals surface area contributed by atoms with E-state index in [4.69, 9.17) is 0 Å². The molecule has 0 unspecified atom stereocenters. The Labute approximate surface area is 129 Å². The third kappa shape index (κ3) is 3.26. The van der Waals surface area contributed by atoms with Crippen LogP contribution in [0.4, 0.5) is 5.69 Å². The summed E-state index contributed by atoms with van der Waals surface area (Å²) < 4.78 is 1.67. The first-order valence-electron chi connectivity index (χ1n) is 7.30. The van der Waals surface area contributed by atoms with E-state index in [0.29, 0.717) is 6.54 Å². The number of nitrogens with zero attached hydrogens (tertiary/aromatic N) is 1. The summed E-state index contributed by atoms with van der Waals surface area (Å²) in [5.74, 6) is 0. The van der Waals surface area contributed by atoms with Crippen molar-refractivity contribution >= 4 is 5.69 Å². The summed E-state index contributed by atoms with van der Waals surface area (Å²) in [5, 5.41) is 3.37.